The molecule has 1 amide bonds. The molecule has 0 atom stereocenters. The Labute approximate surface area is 172 Å². The number of amides is 1. The van der Waals surface area contributed by atoms with E-state index in [1.165, 1.54) is 5.56 Å². The monoisotopic (exact) mass is 389 g/mol. The summed E-state index contributed by atoms with van der Waals surface area (Å²) in [5.74, 6) is 0.789. The predicted octanol–water partition coefficient (Wildman–Crippen LogP) is 5.99. The summed E-state index contributed by atoms with van der Waals surface area (Å²) < 4.78 is 5.78. The van der Waals surface area contributed by atoms with Crippen molar-refractivity contribution in [3.8, 4) is 5.75 Å². The molecule has 0 saturated carbocycles. The van der Waals surface area contributed by atoms with Crippen molar-refractivity contribution in [2.75, 3.05) is 10.6 Å². The van der Waals surface area contributed by atoms with Gasteiger partial charge in [0.2, 0.25) is 0 Å². The van der Waals surface area contributed by atoms with Crippen LogP contribution in [-0.2, 0) is 0 Å². The number of hydrogen-bond donors (Lipinski definition) is 2. The van der Waals surface area contributed by atoms with Crippen molar-refractivity contribution < 1.29 is 9.53 Å². The number of anilines is 3. The molecular formula is C24H27N3O2. The van der Waals surface area contributed by atoms with E-state index in [2.05, 4.69) is 35.5 Å². The number of hydrogen-bond acceptors (Lipinski definition) is 4. The quantitative estimate of drug-likeness (QED) is 0.521. The van der Waals surface area contributed by atoms with Crippen LogP contribution >= 0.6 is 0 Å². The molecule has 3 aromatic rings. The molecule has 5 nitrogen and oxygen atoms in total. The molecule has 0 aliphatic heterocycles. The number of nitrogens with one attached hydrogen (secondary N) is 2. The first-order valence-corrected chi connectivity index (χ1v) is 9.82. The van der Waals surface area contributed by atoms with Gasteiger partial charge in [-0.2, -0.15) is 0 Å². The van der Waals surface area contributed by atoms with Crippen molar-refractivity contribution in [2.24, 2.45) is 0 Å². The van der Waals surface area contributed by atoms with Crippen LogP contribution in [0.3, 0.4) is 0 Å². The van der Waals surface area contributed by atoms with Gasteiger partial charge >= 0.3 is 0 Å². The lowest BCUT2D eigenvalue weighted by Crippen LogP contribution is -2.15. The lowest BCUT2D eigenvalue weighted by molar-refractivity contribution is 0.102. The number of para-hydroxylation sites is 3. The van der Waals surface area contributed by atoms with Crippen molar-refractivity contribution in [1.82, 2.24) is 4.98 Å². The third-order valence-electron chi connectivity index (χ3n) is 4.36. The maximum absolute atomic E-state index is 12.8. The highest BCUT2D eigenvalue weighted by atomic mass is 16.5. The van der Waals surface area contributed by atoms with Crippen LogP contribution in [0, 0.1) is 0 Å². The summed E-state index contributed by atoms with van der Waals surface area (Å²) in [6.07, 6.45) is 3.29. The summed E-state index contributed by atoms with van der Waals surface area (Å²) in [6.45, 7) is 8.21. The molecule has 0 radical (unpaired) electrons. The minimum atomic E-state index is -0.238. The summed E-state index contributed by atoms with van der Waals surface area (Å²) >= 11 is 0. The number of nitrogens with zero attached hydrogens (tertiary/aromatic N) is 1. The van der Waals surface area contributed by atoms with Gasteiger partial charge in [0.25, 0.3) is 5.91 Å². The molecule has 1 heterocycles. The first-order chi connectivity index (χ1) is 13.9. The summed E-state index contributed by atoms with van der Waals surface area (Å²) in [4.78, 5) is 17.0. The fourth-order valence-corrected chi connectivity index (χ4v) is 3.02. The summed E-state index contributed by atoms with van der Waals surface area (Å²) in [6, 6.07) is 17.4. The van der Waals surface area contributed by atoms with E-state index in [4.69, 9.17) is 4.74 Å². The number of rotatable bonds is 7. The largest absolute Gasteiger partial charge is 0.489 e. The molecule has 150 valence electrons. The molecule has 0 fully saturated rings. The van der Waals surface area contributed by atoms with Gasteiger partial charge in [-0.25, -0.2) is 0 Å². The second kappa shape index (κ2) is 9.24. The van der Waals surface area contributed by atoms with E-state index < -0.39 is 0 Å². The lowest BCUT2D eigenvalue weighted by atomic mass is 10.0. The minimum Gasteiger partial charge on any atom is -0.489 e. The van der Waals surface area contributed by atoms with Gasteiger partial charge in [0.15, 0.2) is 0 Å². The zero-order chi connectivity index (χ0) is 20.8. The second-order valence-electron chi connectivity index (χ2n) is 7.45. The van der Waals surface area contributed by atoms with E-state index in [0.717, 1.165) is 11.4 Å². The molecule has 0 spiro atoms. The molecular weight excluding hydrogens is 362 g/mol. The molecule has 0 aliphatic rings. The van der Waals surface area contributed by atoms with Crippen LogP contribution in [0.25, 0.3) is 0 Å². The molecule has 1 aromatic heterocycles. The van der Waals surface area contributed by atoms with Gasteiger partial charge in [0.1, 0.15) is 5.75 Å². The maximum atomic E-state index is 12.8. The Morgan fingerprint density at radius 2 is 1.62 bits per heavy atom. The normalized spacial score (nSPS) is 10.8. The highest BCUT2D eigenvalue weighted by Gasteiger charge is 2.12. The Kier molecular flexibility index (Phi) is 6.50. The van der Waals surface area contributed by atoms with Crippen LogP contribution in [0.1, 0.15) is 49.5 Å². The molecule has 0 bridgehead atoms. The van der Waals surface area contributed by atoms with E-state index in [1.807, 2.05) is 56.3 Å². The predicted molar refractivity (Wildman–Crippen MR) is 118 cm³/mol. The number of carbonyl (C=O) groups excluding carboxylic acids is 1. The summed E-state index contributed by atoms with van der Waals surface area (Å²) in [5, 5.41) is 6.30. The molecule has 2 aromatic carbocycles. The van der Waals surface area contributed by atoms with Gasteiger partial charge in [0, 0.05) is 11.9 Å². The topological polar surface area (TPSA) is 63.2 Å². The Morgan fingerprint density at radius 1 is 0.931 bits per heavy atom. The average Bonchev–Trinajstić information content (AvgIpc) is 2.69. The lowest BCUT2D eigenvalue weighted by Gasteiger charge is -2.16. The average molecular weight is 389 g/mol. The molecule has 29 heavy (non-hydrogen) atoms. The summed E-state index contributed by atoms with van der Waals surface area (Å²) in [5.41, 5.74) is 4.09. The first-order valence-electron chi connectivity index (χ1n) is 9.82. The number of aromatic nitrogens is 1. The Hall–Kier alpha value is -3.34. The second-order valence-corrected chi connectivity index (χ2v) is 7.45. The summed E-state index contributed by atoms with van der Waals surface area (Å²) in [7, 11) is 0. The Bertz CT molecular complexity index is 983. The highest BCUT2D eigenvalue weighted by Crippen LogP contribution is 2.28. The number of pyridine rings is 1. The van der Waals surface area contributed by atoms with E-state index in [9.17, 15) is 4.79 Å². The minimum absolute atomic E-state index is 0.0169. The number of ether oxygens (including phenoxy) is 1. The number of carbonyl (C=O) groups is 1. The van der Waals surface area contributed by atoms with E-state index in [-0.39, 0.29) is 12.0 Å². The van der Waals surface area contributed by atoms with Crippen molar-refractivity contribution in [1.29, 1.82) is 0 Å². The maximum Gasteiger partial charge on any atom is 0.257 e. The van der Waals surface area contributed by atoms with Crippen molar-refractivity contribution in [3.63, 3.8) is 0 Å². The van der Waals surface area contributed by atoms with E-state index >= 15 is 0 Å². The van der Waals surface area contributed by atoms with Crippen LogP contribution in [0.2, 0.25) is 0 Å². The Balaban J connectivity index is 1.79. The van der Waals surface area contributed by atoms with Crippen LogP contribution in [-0.4, -0.2) is 17.0 Å². The van der Waals surface area contributed by atoms with Crippen molar-refractivity contribution in [3.05, 3.63) is 78.1 Å². The first kappa shape index (κ1) is 20.4. The Morgan fingerprint density at radius 3 is 2.34 bits per heavy atom. The van der Waals surface area contributed by atoms with Gasteiger partial charge in [-0.3, -0.25) is 9.78 Å². The smallest absolute Gasteiger partial charge is 0.257 e. The van der Waals surface area contributed by atoms with Crippen molar-refractivity contribution in [2.45, 2.75) is 39.7 Å². The molecule has 5 heteroatoms. The van der Waals surface area contributed by atoms with Crippen LogP contribution in [0.15, 0.2) is 67.0 Å². The van der Waals surface area contributed by atoms with Gasteiger partial charge < -0.3 is 15.4 Å². The molecule has 2 N–H and O–H groups in total. The van der Waals surface area contributed by atoms with E-state index in [0.29, 0.717) is 22.9 Å². The molecule has 0 aliphatic carbocycles. The third kappa shape index (κ3) is 5.35. The fraction of sp³-hybridized carbons (Fsp3) is 0.250. The zero-order valence-corrected chi connectivity index (χ0v) is 17.3. The molecule has 0 saturated heterocycles. The van der Waals surface area contributed by atoms with Gasteiger partial charge in [0.05, 0.1) is 29.2 Å². The van der Waals surface area contributed by atoms with E-state index in [1.54, 1.807) is 18.5 Å². The number of benzene rings is 2. The van der Waals surface area contributed by atoms with Crippen LogP contribution in [0.5, 0.6) is 5.75 Å². The van der Waals surface area contributed by atoms with Crippen molar-refractivity contribution >= 4 is 23.0 Å². The zero-order valence-electron chi connectivity index (χ0n) is 17.3. The van der Waals surface area contributed by atoms with Gasteiger partial charge in [-0.1, -0.05) is 44.2 Å². The van der Waals surface area contributed by atoms with Gasteiger partial charge in [-0.05, 0) is 49.6 Å². The third-order valence-corrected chi connectivity index (χ3v) is 4.36. The van der Waals surface area contributed by atoms with Gasteiger partial charge in [-0.15, -0.1) is 0 Å². The molecule has 0 unspecified atom stereocenters. The van der Waals surface area contributed by atoms with Crippen LogP contribution < -0.4 is 15.4 Å². The van der Waals surface area contributed by atoms with Crippen LogP contribution in [0.4, 0.5) is 17.1 Å². The molecule has 3 rings (SSSR count). The highest BCUT2D eigenvalue weighted by molar-refractivity contribution is 6.05. The standard InChI is InChI=1S/C24H27N3O2/c1-16(2)20-9-5-6-10-21(20)26-19-13-18(14-25-15-19)24(28)27-22-11-7-8-12-23(22)29-17(3)4/h5-17,26H,1-4H3,(H,27,28). The fourth-order valence-electron chi connectivity index (χ4n) is 3.02. The SMILES string of the molecule is CC(C)Oc1ccccc1NC(=O)c1cncc(Nc2ccccc2C(C)C)c1.